The Labute approximate surface area is 262 Å². The highest BCUT2D eigenvalue weighted by Gasteiger charge is 2.27. The number of carbonyl (C=O) groups excluding carboxylic acids is 1. The van der Waals surface area contributed by atoms with Crippen LogP contribution in [0.3, 0.4) is 0 Å². The third-order valence-corrected chi connectivity index (χ3v) is 8.96. The molecule has 1 aromatic heterocycles. The first-order chi connectivity index (χ1) is 20.7. The van der Waals surface area contributed by atoms with Gasteiger partial charge >= 0.3 is 12.6 Å². The highest BCUT2D eigenvalue weighted by atomic mass is 35.5. The van der Waals surface area contributed by atoms with Crippen molar-refractivity contribution < 1.29 is 49.6 Å². The Morgan fingerprint density at radius 1 is 1.02 bits per heavy atom. The van der Waals surface area contributed by atoms with E-state index in [1.807, 2.05) is 0 Å². The number of rotatable bonds is 15. The average Bonchev–Trinajstić information content (AvgIpc) is 3.77. The van der Waals surface area contributed by atoms with Gasteiger partial charge in [0, 0.05) is 17.7 Å². The van der Waals surface area contributed by atoms with Gasteiger partial charge in [-0.1, -0.05) is 29.3 Å². The van der Waals surface area contributed by atoms with Crippen LogP contribution in [0.1, 0.15) is 30.1 Å². The zero-order valence-corrected chi connectivity index (χ0v) is 26.2. The summed E-state index contributed by atoms with van der Waals surface area (Å²) in [6.45, 7) is -3.59. The van der Waals surface area contributed by atoms with Gasteiger partial charge < -0.3 is 14.2 Å². The monoisotopic (exact) mass is 694 g/mol. The Balaban J connectivity index is 1.54. The molecule has 0 spiro atoms. The minimum atomic E-state index is -4.20. The molecular weight excluding hydrogens is 667 g/mol. The van der Waals surface area contributed by atoms with Crippen molar-refractivity contribution in [3.05, 3.63) is 76.0 Å². The predicted molar refractivity (Wildman–Crippen MR) is 157 cm³/mol. The van der Waals surface area contributed by atoms with Crippen molar-refractivity contribution in [2.24, 2.45) is 5.92 Å². The predicted octanol–water partition coefficient (Wildman–Crippen LogP) is 4.37. The normalized spacial score (nSPS) is 14.2. The second kappa shape index (κ2) is 14.2. The molecule has 0 bridgehead atoms. The van der Waals surface area contributed by atoms with Crippen molar-refractivity contribution in [2.45, 2.75) is 36.9 Å². The van der Waals surface area contributed by atoms with Gasteiger partial charge in [-0.05, 0) is 60.7 Å². The Morgan fingerprint density at radius 3 is 2.27 bits per heavy atom. The molecule has 0 radical (unpaired) electrons. The first-order valence-electron chi connectivity index (χ1n) is 13.0. The molecule has 2 aromatic carbocycles. The maximum absolute atomic E-state index is 13.0. The molecule has 0 amide bonds. The summed E-state index contributed by atoms with van der Waals surface area (Å²) in [5, 5.41) is 0.465. The van der Waals surface area contributed by atoms with Crippen molar-refractivity contribution in [3.63, 3.8) is 0 Å². The Kier molecular flexibility index (Phi) is 10.9. The van der Waals surface area contributed by atoms with Gasteiger partial charge in [0.05, 0.1) is 17.8 Å². The summed E-state index contributed by atoms with van der Waals surface area (Å²) < 4.78 is 94.8. The number of alkyl halides is 2. The lowest BCUT2D eigenvalue weighted by atomic mass is 10.0. The smallest absolute Gasteiger partial charge is 0.387 e. The molecule has 3 aromatic rings. The van der Waals surface area contributed by atoms with Gasteiger partial charge in [-0.25, -0.2) is 21.8 Å². The number of esters is 1. The van der Waals surface area contributed by atoms with E-state index < -0.39 is 45.3 Å². The van der Waals surface area contributed by atoms with E-state index in [9.17, 15) is 30.4 Å². The van der Waals surface area contributed by atoms with Crippen molar-refractivity contribution in [1.29, 1.82) is 0 Å². The number of anilines is 1. The number of pyridine rings is 1. The van der Waals surface area contributed by atoms with Crippen LogP contribution in [0.4, 0.5) is 14.5 Å². The van der Waals surface area contributed by atoms with Crippen LogP contribution in [0.2, 0.25) is 10.0 Å². The van der Waals surface area contributed by atoms with Crippen molar-refractivity contribution in [2.75, 3.05) is 24.1 Å². The standard InChI is InChI=1S/C27H27Cl2F2N3O8S2/c1-43(36,37)34-18-5-7-19(8-6-18)44(38,39)33-14-26(35)41-24(11-20-21(28)12-32-13-22(20)29)17-4-9-23(42-27(30)31)25(10-17)40-15-16-2-3-16/h4-10,12-13,16,24,27,33-34H,2-3,11,14-15H2,1H3/p+1/t24-/m0/s1. The van der Waals surface area contributed by atoms with Crippen molar-refractivity contribution in [3.8, 4) is 11.5 Å². The van der Waals surface area contributed by atoms with E-state index in [1.54, 1.807) is 0 Å². The molecule has 0 saturated heterocycles. The van der Waals surface area contributed by atoms with Crippen LogP contribution in [0.15, 0.2) is 59.8 Å². The van der Waals surface area contributed by atoms with Gasteiger partial charge in [0.1, 0.15) is 22.7 Å². The maximum Gasteiger partial charge on any atom is 0.387 e. The van der Waals surface area contributed by atoms with Crippen LogP contribution in [0.25, 0.3) is 0 Å². The summed E-state index contributed by atoms with van der Waals surface area (Å²) in [6, 6.07) is 8.90. The molecule has 44 heavy (non-hydrogen) atoms. The Bertz CT molecular complexity index is 1690. The Morgan fingerprint density at radius 2 is 1.68 bits per heavy atom. The molecular formula is C27H28Cl2F2N3O8S2+. The number of hydrogen-bond acceptors (Lipinski definition) is 8. The first kappa shape index (κ1) is 33.6. The lowest BCUT2D eigenvalue weighted by Crippen LogP contribution is -2.31. The van der Waals surface area contributed by atoms with Gasteiger partial charge in [-0.3, -0.25) is 9.52 Å². The van der Waals surface area contributed by atoms with Crippen LogP contribution in [-0.4, -0.2) is 48.8 Å². The van der Waals surface area contributed by atoms with Gasteiger partial charge in [0.2, 0.25) is 20.0 Å². The number of nitrogens with one attached hydrogen (secondary N) is 3. The van der Waals surface area contributed by atoms with E-state index in [1.165, 1.54) is 42.7 Å². The fraction of sp³-hybridized carbons (Fsp3) is 0.333. The summed E-state index contributed by atoms with van der Waals surface area (Å²) in [4.78, 5) is 15.5. The van der Waals surface area contributed by atoms with E-state index >= 15 is 0 Å². The minimum absolute atomic E-state index is 0.0175. The molecule has 3 N–H and O–H groups in total. The lowest BCUT2D eigenvalue weighted by Gasteiger charge is -2.21. The summed E-state index contributed by atoms with van der Waals surface area (Å²) in [7, 11) is -7.77. The highest BCUT2D eigenvalue weighted by Crippen LogP contribution is 2.37. The summed E-state index contributed by atoms with van der Waals surface area (Å²) >= 11 is 12.6. The van der Waals surface area contributed by atoms with E-state index in [-0.39, 0.29) is 45.2 Å². The van der Waals surface area contributed by atoms with Gasteiger partial charge in [-0.2, -0.15) is 13.5 Å². The second-order valence-corrected chi connectivity index (χ2v) is 14.2. The number of carbonyl (C=O) groups is 1. The molecule has 1 aliphatic carbocycles. The van der Waals surface area contributed by atoms with Crippen LogP contribution < -0.4 is 23.9 Å². The first-order valence-corrected chi connectivity index (χ1v) is 17.2. The van der Waals surface area contributed by atoms with Crippen LogP contribution in [0.5, 0.6) is 11.5 Å². The molecule has 1 fully saturated rings. The summed E-state index contributed by atoms with van der Waals surface area (Å²) in [6.07, 6.45) is 4.62. The number of ether oxygens (including phenoxy) is 3. The molecule has 1 atom stereocenters. The molecule has 1 saturated carbocycles. The molecule has 17 heteroatoms. The quantitative estimate of drug-likeness (QED) is 0.223. The van der Waals surface area contributed by atoms with E-state index in [0.29, 0.717) is 17.0 Å². The fourth-order valence-corrected chi connectivity index (χ4v) is 6.03. The third kappa shape index (κ3) is 9.89. The number of aromatic nitrogens is 1. The molecule has 4 rings (SSSR count). The number of halogens is 4. The van der Waals surface area contributed by atoms with Crippen molar-refractivity contribution in [1.82, 2.24) is 4.72 Å². The number of sulfonamides is 2. The van der Waals surface area contributed by atoms with Crippen molar-refractivity contribution >= 4 is 54.9 Å². The van der Waals surface area contributed by atoms with Gasteiger partial charge in [-0.15, -0.1) is 0 Å². The van der Waals surface area contributed by atoms with Gasteiger partial charge in [0.15, 0.2) is 23.9 Å². The largest absolute Gasteiger partial charge is 0.489 e. The third-order valence-electron chi connectivity index (χ3n) is 6.26. The molecule has 0 unspecified atom stereocenters. The number of benzene rings is 2. The highest BCUT2D eigenvalue weighted by molar-refractivity contribution is 7.92. The summed E-state index contributed by atoms with van der Waals surface area (Å²) in [5.41, 5.74) is 0.874. The minimum Gasteiger partial charge on any atom is -0.489 e. The molecule has 0 aliphatic heterocycles. The molecule has 1 aliphatic rings. The van der Waals surface area contributed by atoms with Crippen LogP contribution >= 0.6 is 23.2 Å². The molecule has 1 heterocycles. The zero-order valence-electron chi connectivity index (χ0n) is 23.1. The number of hydrogen-bond donors (Lipinski definition) is 2. The zero-order chi connectivity index (χ0) is 32.1. The SMILES string of the molecule is CS(=O)(=O)Nc1ccc(S(=O)(=O)NCC(=O)O[C@@H](Cc2c(Cl)c[nH+]cc2Cl)c2ccc(OC(F)F)c(OCC3CC3)c2)cc1. The second-order valence-electron chi connectivity index (χ2n) is 9.87. The van der Waals surface area contributed by atoms with E-state index in [0.717, 1.165) is 31.2 Å². The van der Waals surface area contributed by atoms with Crippen LogP contribution in [-0.2, 0) is 36.0 Å². The van der Waals surface area contributed by atoms with E-state index in [4.69, 9.17) is 32.7 Å². The van der Waals surface area contributed by atoms with Gasteiger partial charge in [0.25, 0.3) is 0 Å². The number of H-pyrrole nitrogens is 1. The fourth-order valence-electron chi connectivity index (χ4n) is 3.96. The number of aromatic amines is 1. The molecule has 11 nitrogen and oxygen atoms in total. The Hall–Kier alpha value is -3.24. The lowest BCUT2D eigenvalue weighted by molar-refractivity contribution is -0.377. The maximum atomic E-state index is 13.0. The van der Waals surface area contributed by atoms with Crippen LogP contribution in [0, 0.1) is 5.92 Å². The topological polar surface area (TPSA) is 151 Å². The average molecular weight is 696 g/mol. The molecule has 238 valence electrons. The summed E-state index contributed by atoms with van der Waals surface area (Å²) in [5.74, 6) is -0.865. The van der Waals surface area contributed by atoms with E-state index in [2.05, 4.69) is 19.2 Å².